The summed E-state index contributed by atoms with van der Waals surface area (Å²) in [5, 5.41) is 14.8. The normalized spacial score (nSPS) is 11.2. The first-order chi connectivity index (χ1) is 9.15. The predicted octanol–water partition coefficient (Wildman–Crippen LogP) is 2.69. The van der Waals surface area contributed by atoms with Gasteiger partial charge in [-0.05, 0) is 32.4 Å². The van der Waals surface area contributed by atoms with Crippen molar-refractivity contribution in [3.8, 4) is 0 Å². The Morgan fingerprint density at radius 1 is 1.30 bits per heavy atom. The number of anilines is 1. The lowest BCUT2D eigenvalue weighted by atomic mass is 10.1. The van der Waals surface area contributed by atoms with Crippen molar-refractivity contribution in [3.05, 3.63) is 27.7 Å². The second kappa shape index (κ2) is 6.43. The van der Waals surface area contributed by atoms with Gasteiger partial charge < -0.3 is 10.4 Å². The Hall–Kier alpha value is -1.30. The van der Waals surface area contributed by atoms with Crippen LogP contribution in [0.4, 0.5) is 5.69 Å². The lowest BCUT2D eigenvalue weighted by Gasteiger charge is -2.20. The van der Waals surface area contributed by atoms with E-state index in [1.165, 1.54) is 13.8 Å². The third-order valence-corrected chi connectivity index (χ3v) is 3.58. The van der Waals surface area contributed by atoms with Gasteiger partial charge in [0.2, 0.25) is 5.91 Å². The molecule has 0 fully saturated rings. The molecule has 5 nitrogen and oxygen atoms in total. The second-order valence-corrected chi connectivity index (χ2v) is 5.67. The molecule has 0 bridgehead atoms. The number of carbonyl (C=O) groups excluding carboxylic acids is 1. The molecule has 0 aromatic heterocycles. The number of carboxylic acid groups (broad SMARTS) is 1. The molecule has 0 spiro atoms. The molecule has 7 heteroatoms. The molecule has 0 atom stereocenters. The van der Waals surface area contributed by atoms with Crippen molar-refractivity contribution in [1.82, 2.24) is 5.32 Å². The van der Waals surface area contributed by atoms with Gasteiger partial charge in [0, 0.05) is 0 Å². The minimum atomic E-state index is -1.20. The van der Waals surface area contributed by atoms with Crippen molar-refractivity contribution in [2.24, 2.45) is 0 Å². The number of halogens is 2. The molecule has 1 rings (SSSR count). The molecular formula is C13H16Cl2N2O3. The molecule has 20 heavy (non-hydrogen) atoms. The molecule has 0 saturated carbocycles. The van der Waals surface area contributed by atoms with Crippen molar-refractivity contribution in [1.29, 1.82) is 0 Å². The number of aliphatic carboxylic acids is 1. The molecule has 3 N–H and O–H groups in total. The maximum absolute atomic E-state index is 11.8. The highest BCUT2D eigenvalue weighted by molar-refractivity contribution is 6.40. The topological polar surface area (TPSA) is 78.4 Å². The average molecular weight is 319 g/mol. The molecule has 0 aliphatic carbocycles. The summed E-state index contributed by atoms with van der Waals surface area (Å²) in [6.45, 7) is 4.56. The number of rotatable bonds is 5. The highest BCUT2D eigenvalue weighted by atomic mass is 35.5. The van der Waals surface area contributed by atoms with Crippen LogP contribution in [0, 0.1) is 6.92 Å². The van der Waals surface area contributed by atoms with Crippen molar-refractivity contribution >= 4 is 40.8 Å². The molecule has 0 saturated heterocycles. The highest BCUT2D eigenvalue weighted by Crippen LogP contribution is 2.32. The van der Waals surface area contributed by atoms with Crippen LogP contribution in [-0.2, 0) is 9.59 Å². The molecule has 0 unspecified atom stereocenters. The minimum absolute atomic E-state index is 0.167. The molecular weight excluding hydrogens is 303 g/mol. The van der Waals surface area contributed by atoms with E-state index in [1.54, 1.807) is 19.1 Å². The maximum atomic E-state index is 11.8. The van der Waals surface area contributed by atoms with Gasteiger partial charge in [-0.25, -0.2) is 0 Å². The van der Waals surface area contributed by atoms with Gasteiger partial charge >= 0.3 is 5.97 Å². The summed E-state index contributed by atoms with van der Waals surface area (Å²) < 4.78 is 0. The van der Waals surface area contributed by atoms with Crippen molar-refractivity contribution in [3.63, 3.8) is 0 Å². The van der Waals surface area contributed by atoms with Gasteiger partial charge in [0.25, 0.3) is 0 Å². The second-order valence-electron chi connectivity index (χ2n) is 4.89. The zero-order chi connectivity index (χ0) is 15.5. The first-order valence-electron chi connectivity index (χ1n) is 5.88. The smallest absolute Gasteiger partial charge is 0.323 e. The number of carbonyl (C=O) groups is 2. The summed E-state index contributed by atoms with van der Waals surface area (Å²) in [6, 6.07) is 3.37. The van der Waals surface area contributed by atoms with Crippen LogP contribution in [-0.4, -0.2) is 29.1 Å². The zero-order valence-corrected chi connectivity index (χ0v) is 12.9. The minimum Gasteiger partial charge on any atom is -0.480 e. The zero-order valence-electron chi connectivity index (χ0n) is 11.4. The fourth-order valence-corrected chi connectivity index (χ4v) is 1.80. The van der Waals surface area contributed by atoms with Crippen LogP contribution in [0.1, 0.15) is 19.4 Å². The van der Waals surface area contributed by atoms with Crippen LogP contribution in [0.25, 0.3) is 0 Å². The van der Waals surface area contributed by atoms with Crippen LogP contribution >= 0.6 is 23.2 Å². The van der Waals surface area contributed by atoms with E-state index in [0.29, 0.717) is 15.7 Å². The van der Waals surface area contributed by atoms with Gasteiger partial charge in [0.05, 0.1) is 22.3 Å². The summed E-state index contributed by atoms with van der Waals surface area (Å²) in [5.41, 5.74) is -0.0872. The number of benzene rings is 1. The van der Waals surface area contributed by atoms with E-state index in [9.17, 15) is 9.59 Å². The van der Waals surface area contributed by atoms with Gasteiger partial charge in [0.15, 0.2) is 0 Å². The Bertz CT molecular complexity index is 545. The van der Waals surface area contributed by atoms with Crippen molar-refractivity contribution in [2.45, 2.75) is 26.3 Å². The van der Waals surface area contributed by atoms with Gasteiger partial charge in [0.1, 0.15) is 5.54 Å². The van der Waals surface area contributed by atoms with Gasteiger partial charge in [-0.1, -0.05) is 29.3 Å². The Kier molecular flexibility index (Phi) is 5.39. The average Bonchev–Trinajstić information content (AvgIpc) is 2.37. The predicted molar refractivity (Wildman–Crippen MR) is 79.5 cm³/mol. The van der Waals surface area contributed by atoms with Gasteiger partial charge in [-0.2, -0.15) is 0 Å². The van der Waals surface area contributed by atoms with E-state index in [2.05, 4.69) is 10.6 Å². The molecule has 0 radical (unpaired) electrons. The first kappa shape index (κ1) is 16.8. The fourth-order valence-electron chi connectivity index (χ4n) is 1.33. The van der Waals surface area contributed by atoms with E-state index >= 15 is 0 Å². The van der Waals surface area contributed by atoms with Crippen LogP contribution in [0.2, 0.25) is 10.0 Å². The summed E-state index contributed by atoms with van der Waals surface area (Å²) in [5.74, 6) is -1.47. The standard InChI is InChI=1S/C13H16Cl2N2O3/c1-7-4-5-8(14)11(10(7)15)17-9(18)6-16-13(2,3)12(19)20/h4-5,16H,6H2,1-3H3,(H,17,18)(H,19,20). The summed E-state index contributed by atoms with van der Waals surface area (Å²) in [7, 11) is 0. The summed E-state index contributed by atoms with van der Waals surface area (Å²) in [4.78, 5) is 22.7. The number of amides is 1. The van der Waals surface area contributed by atoms with E-state index in [-0.39, 0.29) is 6.54 Å². The van der Waals surface area contributed by atoms with Crippen LogP contribution < -0.4 is 10.6 Å². The molecule has 110 valence electrons. The largest absolute Gasteiger partial charge is 0.480 e. The number of hydrogen-bond acceptors (Lipinski definition) is 3. The van der Waals surface area contributed by atoms with Gasteiger partial charge in [-0.15, -0.1) is 0 Å². The fraction of sp³-hybridized carbons (Fsp3) is 0.385. The summed E-state index contributed by atoms with van der Waals surface area (Å²) in [6.07, 6.45) is 0. The molecule has 1 aromatic rings. The third kappa shape index (κ3) is 4.10. The molecule has 0 aliphatic heterocycles. The molecule has 0 aliphatic rings. The number of hydrogen-bond donors (Lipinski definition) is 3. The summed E-state index contributed by atoms with van der Waals surface area (Å²) >= 11 is 12.0. The quantitative estimate of drug-likeness (QED) is 0.780. The number of carboxylic acids is 1. The molecule has 1 aromatic carbocycles. The van der Waals surface area contributed by atoms with E-state index in [0.717, 1.165) is 5.56 Å². The van der Waals surface area contributed by atoms with E-state index < -0.39 is 17.4 Å². The van der Waals surface area contributed by atoms with E-state index in [4.69, 9.17) is 28.3 Å². The van der Waals surface area contributed by atoms with Gasteiger partial charge in [-0.3, -0.25) is 14.9 Å². The Morgan fingerprint density at radius 3 is 2.45 bits per heavy atom. The molecule has 1 amide bonds. The number of aryl methyl sites for hydroxylation is 1. The van der Waals surface area contributed by atoms with Crippen molar-refractivity contribution < 1.29 is 14.7 Å². The lowest BCUT2D eigenvalue weighted by Crippen LogP contribution is -2.49. The first-order valence-corrected chi connectivity index (χ1v) is 6.63. The monoisotopic (exact) mass is 318 g/mol. The highest BCUT2D eigenvalue weighted by Gasteiger charge is 2.27. The molecule has 0 heterocycles. The van der Waals surface area contributed by atoms with Crippen LogP contribution in [0.5, 0.6) is 0 Å². The SMILES string of the molecule is Cc1ccc(Cl)c(NC(=O)CNC(C)(C)C(=O)O)c1Cl. The van der Waals surface area contributed by atoms with Crippen LogP contribution in [0.3, 0.4) is 0 Å². The Labute approximate surface area is 127 Å². The lowest BCUT2D eigenvalue weighted by molar-refractivity contribution is -0.143. The maximum Gasteiger partial charge on any atom is 0.323 e. The third-order valence-electron chi connectivity index (χ3n) is 2.77. The Morgan fingerprint density at radius 2 is 1.90 bits per heavy atom. The Balaban J connectivity index is 2.73. The van der Waals surface area contributed by atoms with Crippen LogP contribution in [0.15, 0.2) is 12.1 Å². The van der Waals surface area contributed by atoms with Crippen molar-refractivity contribution in [2.75, 3.05) is 11.9 Å². The number of nitrogens with one attached hydrogen (secondary N) is 2. The van der Waals surface area contributed by atoms with E-state index in [1.807, 2.05) is 0 Å².